The van der Waals surface area contributed by atoms with Gasteiger partial charge in [-0.3, -0.25) is 0 Å². The first-order valence-corrected chi connectivity index (χ1v) is 7.33. The van der Waals surface area contributed by atoms with Gasteiger partial charge in [-0.05, 0) is 56.2 Å². The summed E-state index contributed by atoms with van der Waals surface area (Å²) >= 11 is 0. The van der Waals surface area contributed by atoms with E-state index in [2.05, 4.69) is 18.2 Å². The molecule has 2 aliphatic rings. The predicted molar refractivity (Wildman–Crippen MR) is 75.8 cm³/mol. The van der Waals surface area contributed by atoms with Gasteiger partial charge in [0.25, 0.3) is 0 Å². The Morgan fingerprint density at radius 3 is 2.53 bits per heavy atom. The van der Waals surface area contributed by atoms with Crippen LogP contribution in [-0.4, -0.2) is 19.8 Å². The third-order valence-corrected chi connectivity index (χ3v) is 4.62. The number of methoxy groups -OCH3 is 1. The van der Waals surface area contributed by atoms with Crippen LogP contribution in [0, 0.1) is 0 Å². The topological polar surface area (TPSA) is 44.5 Å². The second-order valence-electron chi connectivity index (χ2n) is 5.87. The molecule has 2 saturated carbocycles. The SMILES string of the molecule is COc1cc(C2(CN)CC2)ccc1OC1CCCC1. The highest BCUT2D eigenvalue weighted by Gasteiger charge is 2.43. The van der Waals surface area contributed by atoms with Gasteiger partial charge in [0, 0.05) is 12.0 Å². The van der Waals surface area contributed by atoms with Gasteiger partial charge in [0.05, 0.1) is 13.2 Å². The van der Waals surface area contributed by atoms with Crippen LogP contribution < -0.4 is 15.2 Å². The van der Waals surface area contributed by atoms with E-state index in [1.54, 1.807) is 7.11 Å². The van der Waals surface area contributed by atoms with E-state index < -0.39 is 0 Å². The van der Waals surface area contributed by atoms with Gasteiger partial charge in [-0.1, -0.05) is 6.07 Å². The fourth-order valence-electron chi connectivity index (χ4n) is 3.04. The van der Waals surface area contributed by atoms with E-state index in [0.717, 1.165) is 30.9 Å². The van der Waals surface area contributed by atoms with Crippen LogP contribution in [0.5, 0.6) is 11.5 Å². The molecular formula is C16H23NO2. The van der Waals surface area contributed by atoms with Gasteiger partial charge < -0.3 is 15.2 Å². The molecule has 0 bridgehead atoms. The molecule has 1 aromatic rings. The maximum Gasteiger partial charge on any atom is 0.161 e. The van der Waals surface area contributed by atoms with Crippen LogP contribution in [0.2, 0.25) is 0 Å². The Morgan fingerprint density at radius 2 is 1.95 bits per heavy atom. The highest BCUT2D eigenvalue weighted by Crippen LogP contribution is 2.49. The van der Waals surface area contributed by atoms with Gasteiger partial charge in [0.1, 0.15) is 0 Å². The first kappa shape index (κ1) is 12.8. The maximum atomic E-state index is 6.06. The molecule has 104 valence electrons. The van der Waals surface area contributed by atoms with Crippen LogP contribution >= 0.6 is 0 Å². The van der Waals surface area contributed by atoms with Crippen LogP contribution in [0.4, 0.5) is 0 Å². The molecule has 0 atom stereocenters. The van der Waals surface area contributed by atoms with Crippen molar-refractivity contribution in [2.45, 2.75) is 50.0 Å². The molecule has 2 fully saturated rings. The van der Waals surface area contributed by atoms with E-state index in [4.69, 9.17) is 15.2 Å². The standard InChI is InChI=1S/C16H23NO2/c1-18-15-10-12(16(11-17)8-9-16)6-7-14(15)19-13-4-2-3-5-13/h6-7,10,13H,2-5,8-9,11,17H2,1H3. The normalized spacial score (nSPS) is 21.4. The van der Waals surface area contributed by atoms with Gasteiger partial charge in [-0.2, -0.15) is 0 Å². The van der Waals surface area contributed by atoms with Crippen molar-refractivity contribution in [3.63, 3.8) is 0 Å². The number of benzene rings is 1. The Kier molecular flexibility index (Phi) is 3.40. The van der Waals surface area contributed by atoms with Crippen molar-refractivity contribution in [2.75, 3.05) is 13.7 Å². The lowest BCUT2D eigenvalue weighted by molar-refractivity contribution is 0.200. The number of hydrogen-bond donors (Lipinski definition) is 1. The maximum absolute atomic E-state index is 6.06. The third-order valence-electron chi connectivity index (χ3n) is 4.62. The average Bonchev–Trinajstić information content (AvgIpc) is 3.09. The minimum atomic E-state index is 0.208. The van der Waals surface area contributed by atoms with Crippen LogP contribution in [0.3, 0.4) is 0 Å². The van der Waals surface area contributed by atoms with Crippen LogP contribution in [-0.2, 0) is 5.41 Å². The van der Waals surface area contributed by atoms with Crippen molar-refractivity contribution in [3.8, 4) is 11.5 Å². The molecular weight excluding hydrogens is 238 g/mol. The smallest absolute Gasteiger partial charge is 0.161 e. The van der Waals surface area contributed by atoms with E-state index >= 15 is 0 Å². The van der Waals surface area contributed by atoms with E-state index in [1.165, 1.54) is 31.2 Å². The largest absolute Gasteiger partial charge is 0.493 e. The van der Waals surface area contributed by atoms with Crippen LogP contribution in [0.15, 0.2) is 18.2 Å². The summed E-state index contributed by atoms with van der Waals surface area (Å²) < 4.78 is 11.6. The van der Waals surface area contributed by atoms with Crippen LogP contribution in [0.25, 0.3) is 0 Å². The van der Waals surface area contributed by atoms with Crippen molar-refractivity contribution >= 4 is 0 Å². The molecule has 19 heavy (non-hydrogen) atoms. The average molecular weight is 261 g/mol. The number of nitrogens with two attached hydrogens (primary N) is 1. The molecule has 1 aromatic carbocycles. The molecule has 0 radical (unpaired) electrons. The molecule has 0 amide bonds. The summed E-state index contributed by atoms with van der Waals surface area (Å²) in [6.07, 6.45) is 7.63. The Balaban J connectivity index is 1.81. The molecule has 3 nitrogen and oxygen atoms in total. The Labute approximate surface area is 115 Å². The van der Waals surface area contributed by atoms with E-state index in [0.29, 0.717) is 6.10 Å². The summed E-state index contributed by atoms with van der Waals surface area (Å²) in [7, 11) is 1.71. The first-order valence-electron chi connectivity index (χ1n) is 7.33. The lowest BCUT2D eigenvalue weighted by Gasteiger charge is -2.19. The molecule has 0 saturated heterocycles. The summed E-state index contributed by atoms with van der Waals surface area (Å²) in [5.41, 5.74) is 7.39. The zero-order valence-electron chi connectivity index (χ0n) is 11.7. The molecule has 0 aliphatic heterocycles. The monoisotopic (exact) mass is 261 g/mol. The van der Waals surface area contributed by atoms with Gasteiger partial charge in [0.15, 0.2) is 11.5 Å². The third kappa shape index (κ3) is 2.44. The number of rotatable bonds is 5. The Bertz CT molecular complexity index is 448. The second-order valence-corrected chi connectivity index (χ2v) is 5.87. The van der Waals surface area contributed by atoms with E-state index in [1.807, 2.05) is 0 Å². The number of ether oxygens (including phenoxy) is 2. The minimum Gasteiger partial charge on any atom is -0.493 e. The second kappa shape index (κ2) is 5.04. The molecule has 3 rings (SSSR count). The summed E-state index contributed by atoms with van der Waals surface area (Å²) in [5.74, 6) is 1.73. The molecule has 0 unspecified atom stereocenters. The Morgan fingerprint density at radius 1 is 1.21 bits per heavy atom. The van der Waals surface area contributed by atoms with Crippen LogP contribution in [0.1, 0.15) is 44.1 Å². The van der Waals surface area contributed by atoms with Gasteiger partial charge >= 0.3 is 0 Å². The summed E-state index contributed by atoms with van der Waals surface area (Å²) in [4.78, 5) is 0. The Hall–Kier alpha value is -1.22. The molecule has 3 heteroatoms. The number of hydrogen-bond acceptors (Lipinski definition) is 3. The summed E-state index contributed by atoms with van der Waals surface area (Å²) in [5, 5.41) is 0. The van der Waals surface area contributed by atoms with Crippen molar-refractivity contribution in [1.29, 1.82) is 0 Å². The van der Waals surface area contributed by atoms with E-state index in [-0.39, 0.29) is 5.41 Å². The predicted octanol–water partition coefficient (Wildman–Crippen LogP) is 3.01. The van der Waals surface area contributed by atoms with Gasteiger partial charge in [0.2, 0.25) is 0 Å². The lowest BCUT2D eigenvalue weighted by Crippen LogP contribution is -2.20. The summed E-state index contributed by atoms with van der Waals surface area (Å²) in [6.45, 7) is 0.721. The molecule has 0 spiro atoms. The van der Waals surface area contributed by atoms with Crippen molar-refractivity contribution in [1.82, 2.24) is 0 Å². The highest BCUT2D eigenvalue weighted by molar-refractivity contribution is 5.47. The highest BCUT2D eigenvalue weighted by atomic mass is 16.5. The van der Waals surface area contributed by atoms with Crippen molar-refractivity contribution in [2.24, 2.45) is 5.73 Å². The van der Waals surface area contributed by atoms with Crippen molar-refractivity contribution < 1.29 is 9.47 Å². The van der Waals surface area contributed by atoms with E-state index in [9.17, 15) is 0 Å². The van der Waals surface area contributed by atoms with Gasteiger partial charge in [-0.15, -0.1) is 0 Å². The zero-order valence-corrected chi connectivity index (χ0v) is 11.7. The minimum absolute atomic E-state index is 0.208. The lowest BCUT2D eigenvalue weighted by atomic mass is 9.96. The van der Waals surface area contributed by atoms with Crippen molar-refractivity contribution in [3.05, 3.63) is 23.8 Å². The first-order chi connectivity index (χ1) is 9.27. The van der Waals surface area contributed by atoms with Gasteiger partial charge in [-0.25, -0.2) is 0 Å². The fraction of sp³-hybridized carbons (Fsp3) is 0.625. The molecule has 2 N–H and O–H groups in total. The zero-order chi connectivity index (χ0) is 13.3. The quantitative estimate of drug-likeness (QED) is 0.886. The molecule has 0 aromatic heterocycles. The summed E-state index contributed by atoms with van der Waals surface area (Å²) in [6, 6.07) is 6.33. The molecule has 2 aliphatic carbocycles. The molecule has 0 heterocycles. The fourth-order valence-corrected chi connectivity index (χ4v) is 3.04.